The lowest BCUT2D eigenvalue weighted by atomic mass is 10.0. The molecule has 0 atom stereocenters. The molecule has 0 amide bonds. The maximum Gasteiger partial charge on any atom is 0.292 e. The van der Waals surface area contributed by atoms with E-state index in [9.17, 15) is 8.78 Å². The fourth-order valence-electron chi connectivity index (χ4n) is 1.61. The van der Waals surface area contributed by atoms with E-state index in [-0.39, 0.29) is 23.2 Å². The number of hydrogen-bond acceptors (Lipinski definition) is 3. The fourth-order valence-corrected chi connectivity index (χ4v) is 1.61. The number of nitrogens with zero attached hydrogens (tertiary/aromatic N) is 1. The smallest absolute Gasteiger partial charge is 0.292 e. The summed E-state index contributed by atoms with van der Waals surface area (Å²) in [5.41, 5.74) is 5.77. The molecule has 1 aromatic heterocycles. The Hall–Kier alpha value is -1.91. The molecule has 0 aliphatic rings. The van der Waals surface area contributed by atoms with Gasteiger partial charge in [-0.1, -0.05) is 13.8 Å². The molecule has 3 nitrogen and oxygen atoms in total. The summed E-state index contributed by atoms with van der Waals surface area (Å²) in [5, 5.41) is 0. The summed E-state index contributed by atoms with van der Waals surface area (Å²) >= 11 is 0. The van der Waals surface area contributed by atoms with Crippen LogP contribution in [0.3, 0.4) is 0 Å². The first kappa shape index (κ1) is 11.6. The molecule has 17 heavy (non-hydrogen) atoms. The zero-order chi connectivity index (χ0) is 12.6. The summed E-state index contributed by atoms with van der Waals surface area (Å²) in [6.45, 7) is 3.72. The summed E-state index contributed by atoms with van der Waals surface area (Å²) in [4.78, 5) is 3.91. The van der Waals surface area contributed by atoms with E-state index in [2.05, 4.69) is 4.98 Å². The van der Waals surface area contributed by atoms with Crippen molar-refractivity contribution in [2.45, 2.75) is 19.8 Å². The summed E-state index contributed by atoms with van der Waals surface area (Å²) in [5.74, 6) is -0.649. The second-order valence-corrected chi connectivity index (χ2v) is 4.04. The van der Waals surface area contributed by atoms with Gasteiger partial charge in [-0.25, -0.2) is 8.78 Å². The Morgan fingerprint density at radius 3 is 2.65 bits per heavy atom. The molecule has 0 bridgehead atoms. The number of benzene rings is 1. The number of hydrogen-bond donors (Lipinski definition) is 1. The molecule has 0 saturated heterocycles. The zero-order valence-electron chi connectivity index (χ0n) is 9.50. The first-order valence-electron chi connectivity index (χ1n) is 5.20. The molecule has 0 saturated carbocycles. The number of aromatic nitrogens is 1. The average Bonchev–Trinajstić information content (AvgIpc) is 2.64. The van der Waals surface area contributed by atoms with E-state index in [0.29, 0.717) is 5.76 Å². The van der Waals surface area contributed by atoms with Crippen LogP contribution in [-0.4, -0.2) is 4.98 Å². The summed E-state index contributed by atoms with van der Waals surface area (Å²) in [7, 11) is 0. The van der Waals surface area contributed by atoms with Crippen LogP contribution in [0.25, 0.3) is 11.3 Å². The van der Waals surface area contributed by atoms with E-state index in [4.69, 9.17) is 10.2 Å². The molecule has 0 unspecified atom stereocenters. The maximum absolute atomic E-state index is 13.6. The highest BCUT2D eigenvalue weighted by Gasteiger charge is 2.19. The molecule has 90 valence electrons. The maximum atomic E-state index is 13.6. The Balaban J connectivity index is 2.63. The van der Waals surface area contributed by atoms with E-state index in [1.54, 1.807) is 0 Å². The zero-order valence-corrected chi connectivity index (χ0v) is 9.50. The molecule has 0 fully saturated rings. The van der Waals surface area contributed by atoms with Crippen molar-refractivity contribution < 1.29 is 13.2 Å². The van der Waals surface area contributed by atoms with E-state index in [1.807, 2.05) is 13.8 Å². The predicted octanol–water partition coefficient (Wildman–Crippen LogP) is 3.33. The molecule has 0 spiro atoms. The standard InChI is InChI=1S/C12H12F2N2O/c1-6(2)11-10(16-12(15)17-11)8-5-7(13)3-4-9(8)14/h3-6H,1-2H3,(H2,15,16). The van der Waals surface area contributed by atoms with Crippen LogP contribution in [0.4, 0.5) is 14.8 Å². The SMILES string of the molecule is CC(C)c1oc(N)nc1-c1cc(F)ccc1F. The number of nitrogen functional groups attached to an aromatic ring is 1. The van der Waals surface area contributed by atoms with Crippen LogP contribution in [0.1, 0.15) is 25.5 Å². The topological polar surface area (TPSA) is 52.0 Å². The molecule has 1 aromatic carbocycles. The number of anilines is 1. The van der Waals surface area contributed by atoms with Crippen molar-refractivity contribution in [2.75, 3.05) is 5.73 Å². The van der Waals surface area contributed by atoms with Gasteiger partial charge in [0, 0.05) is 11.5 Å². The molecular formula is C12H12F2N2O. The number of halogens is 2. The Kier molecular flexibility index (Phi) is 2.83. The Bertz CT molecular complexity index is 549. The molecule has 0 aliphatic heterocycles. The van der Waals surface area contributed by atoms with Gasteiger partial charge in [0.1, 0.15) is 23.1 Å². The highest BCUT2D eigenvalue weighted by Crippen LogP contribution is 2.32. The lowest BCUT2D eigenvalue weighted by Gasteiger charge is -2.04. The normalized spacial score (nSPS) is 11.1. The lowest BCUT2D eigenvalue weighted by Crippen LogP contribution is -1.93. The predicted molar refractivity (Wildman–Crippen MR) is 60.4 cm³/mol. The Labute approximate surface area is 97.3 Å². The van der Waals surface area contributed by atoms with Crippen LogP contribution < -0.4 is 5.73 Å². The third-order valence-electron chi connectivity index (χ3n) is 2.38. The van der Waals surface area contributed by atoms with Crippen LogP contribution in [0.15, 0.2) is 22.6 Å². The van der Waals surface area contributed by atoms with Crippen molar-refractivity contribution in [3.05, 3.63) is 35.6 Å². The van der Waals surface area contributed by atoms with Gasteiger partial charge in [-0.3, -0.25) is 0 Å². The molecule has 2 N–H and O–H groups in total. The minimum Gasteiger partial charge on any atom is -0.428 e. The largest absolute Gasteiger partial charge is 0.428 e. The second kappa shape index (κ2) is 4.16. The highest BCUT2D eigenvalue weighted by atomic mass is 19.1. The summed E-state index contributed by atoms with van der Waals surface area (Å²) < 4.78 is 31.9. The van der Waals surface area contributed by atoms with Gasteiger partial charge in [0.2, 0.25) is 0 Å². The fraction of sp³-hybridized carbons (Fsp3) is 0.250. The van der Waals surface area contributed by atoms with Crippen LogP contribution in [0.2, 0.25) is 0 Å². The van der Waals surface area contributed by atoms with Gasteiger partial charge in [0.15, 0.2) is 0 Å². The van der Waals surface area contributed by atoms with Gasteiger partial charge >= 0.3 is 0 Å². The molecule has 0 radical (unpaired) electrons. The average molecular weight is 238 g/mol. The quantitative estimate of drug-likeness (QED) is 0.873. The minimum absolute atomic E-state index is 0.0162. The van der Waals surface area contributed by atoms with Crippen molar-refractivity contribution >= 4 is 6.01 Å². The van der Waals surface area contributed by atoms with E-state index < -0.39 is 11.6 Å². The lowest BCUT2D eigenvalue weighted by molar-refractivity contribution is 0.500. The van der Waals surface area contributed by atoms with Crippen molar-refractivity contribution in [1.82, 2.24) is 4.98 Å². The van der Waals surface area contributed by atoms with Crippen LogP contribution in [0, 0.1) is 11.6 Å². The van der Waals surface area contributed by atoms with Crippen LogP contribution in [-0.2, 0) is 0 Å². The van der Waals surface area contributed by atoms with Crippen LogP contribution >= 0.6 is 0 Å². The van der Waals surface area contributed by atoms with Gasteiger partial charge < -0.3 is 10.2 Å². The molecule has 1 heterocycles. The number of rotatable bonds is 2. The first-order chi connectivity index (χ1) is 7.99. The number of oxazole rings is 1. The van der Waals surface area contributed by atoms with Gasteiger partial charge in [-0.05, 0) is 18.2 Å². The second-order valence-electron chi connectivity index (χ2n) is 4.04. The molecule has 0 aliphatic carbocycles. The monoisotopic (exact) mass is 238 g/mol. The molecule has 2 aromatic rings. The van der Waals surface area contributed by atoms with Gasteiger partial charge in [0.25, 0.3) is 6.01 Å². The third-order valence-corrected chi connectivity index (χ3v) is 2.38. The Morgan fingerprint density at radius 2 is 2.00 bits per heavy atom. The highest BCUT2D eigenvalue weighted by molar-refractivity contribution is 5.63. The summed E-state index contributed by atoms with van der Waals surface area (Å²) in [6.07, 6.45) is 0. The van der Waals surface area contributed by atoms with Gasteiger partial charge in [0.05, 0.1) is 0 Å². The van der Waals surface area contributed by atoms with Crippen molar-refractivity contribution in [1.29, 1.82) is 0 Å². The first-order valence-corrected chi connectivity index (χ1v) is 5.20. The van der Waals surface area contributed by atoms with E-state index >= 15 is 0 Å². The van der Waals surface area contributed by atoms with Crippen molar-refractivity contribution in [2.24, 2.45) is 0 Å². The van der Waals surface area contributed by atoms with Crippen molar-refractivity contribution in [3.8, 4) is 11.3 Å². The minimum atomic E-state index is -0.554. The Morgan fingerprint density at radius 1 is 1.29 bits per heavy atom. The van der Waals surface area contributed by atoms with Crippen molar-refractivity contribution in [3.63, 3.8) is 0 Å². The molecular weight excluding hydrogens is 226 g/mol. The molecule has 5 heteroatoms. The van der Waals surface area contributed by atoms with Crippen LogP contribution in [0.5, 0.6) is 0 Å². The summed E-state index contributed by atoms with van der Waals surface area (Å²) in [6, 6.07) is 3.14. The molecule has 2 rings (SSSR count). The van der Waals surface area contributed by atoms with E-state index in [0.717, 1.165) is 18.2 Å². The van der Waals surface area contributed by atoms with E-state index in [1.165, 1.54) is 0 Å². The van der Waals surface area contributed by atoms with Gasteiger partial charge in [-0.15, -0.1) is 0 Å². The van der Waals surface area contributed by atoms with Gasteiger partial charge in [-0.2, -0.15) is 4.98 Å². The number of nitrogens with two attached hydrogens (primary N) is 1. The third kappa shape index (κ3) is 2.13.